The van der Waals surface area contributed by atoms with E-state index in [0.717, 1.165) is 16.7 Å². The van der Waals surface area contributed by atoms with Crippen molar-refractivity contribution in [1.29, 1.82) is 0 Å². The first kappa shape index (κ1) is 16.8. The van der Waals surface area contributed by atoms with Gasteiger partial charge >= 0.3 is 0 Å². The van der Waals surface area contributed by atoms with Gasteiger partial charge in [0.05, 0.1) is 11.4 Å². The molecule has 6 nitrogen and oxygen atoms in total. The summed E-state index contributed by atoms with van der Waals surface area (Å²) in [5.41, 5.74) is 3.97. The third-order valence-corrected chi connectivity index (χ3v) is 6.16. The number of aromatic nitrogens is 3. The van der Waals surface area contributed by atoms with Crippen LogP contribution in [-0.2, 0) is 23.6 Å². The van der Waals surface area contributed by atoms with Gasteiger partial charge in [-0.3, -0.25) is 9.67 Å². The number of rotatable bonds is 5. The minimum absolute atomic E-state index is 0.182. The third kappa shape index (κ3) is 3.26. The zero-order chi connectivity index (χ0) is 17.3. The van der Waals surface area contributed by atoms with E-state index in [4.69, 9.17) is 0 Å². The van der Waals surface area contributed by atoms with Gasteiger partial charge in [-0.25, -0.2) is 13.1 Å². The summed E-state index contributed by atoms with van der Waals surface area (Å²) in [6.07, 6.45) is 3.44. The van der Waals surface area contributed by atoms with Crippen molar-refractivity contribution in [2.45, 2.75) is 25.3 Å². The van der Waals surface area contributed by atoms with E-state index < -0.39 is 10.0 Å². The van der Waals surface area contributed by atoms with E-state index >= 15 is 0 Å². The highest BCUT2D eigenvalue weighted by Gasteiger charge is 2.23. The lowest BCUT2D eigenvalue weighted by atomic mass is 10.1. The highest BCUT2D eigenvalue weighted by atomic mass is 32.2. The molecule has 0 aliphatic heterocycles. The van der Waals surface area contributed by atoms with Crippen molar-refractivity contribution in [3.8, 4) is 11.1 Å². The molecule has 0 atom stereocenters. The van der Waals surface area contributed by atoms with Crippen LogP contribution in [0.5, 0.6) is 0 Å². The summed E-state index contributed by atoms with van der Waals surface area (Å²) in [7, 11) is -1.89. The van der Waals surface area contributed by atoms with Gasteiger partial charge in [0.15, 0.2) is 0 Å². The van der Waals surface area contributed by atoms with Crippen LogP contribution in [0.15, 0.2) is 40.2 Å². The standard InChI is InChI=1S/C16H18N4O2S2/c1-11-16(12(2)20(3)19-11)24(21,22)18-8-13-6-15(9-17-7-13)14-4-5-23-10-14/h4-7,9-10,18H,8H2,1-3H3. The number of thiophene rings is 1. The van der Waals surface area contributed by atoms with E-state index in [-0.39, 0.29) is 11.4 Å². The van der Waals surface area contributed by atoms with Crippen molar-refractivity contribution < 1.29 is 8.42 Å². The minimum Gasteiger partial charge on any atom is -0.271 e. The molecule has 0 radical (unpaired) electrons. The lowest BCUT2D eigenvalue weighted by Crippen LogP contribution is -2.24. The van der Waals surface area contributed by atoms with Crippen LogP contribution < -0.4 is 4.72 Å². The maximum atomic E-state index is 12.6. The van der Waals surface area contributed by atoms with Crippen LogP contribution in [0.4, 0.5) is 0 Å². The molecule has 3 rings (SSSR count). The van der Waals surface area contributed by atoms with Gasteiger partial charge in [-0.2, -0.15) is 16.4 Å². The molecule has 0 aromatic carbocycles. The molecule has 0 saturated carbocycles. The quantitative estimate of drug-likeness (QED) is 0.757. The Morgan fingerprint density at radius 2 is 2.04 bits per heavy atom. The summed E-state index contributed by atoms with van der Waals surface area (Å²) >= 11 is 1.61. The van der Waals surface area contributed by atoms with Crippen molar-refractivity contribution in [1.82, 2.24) is 19.5 Å². The zero-order valence-corrected chi connectivity index (χ0v) is 15.3. The fraction of sp³-hybridized carbons (Fsp3) is 0.250. The van der Waals surface area contributed by atoms with Crippen molar-refractivity contribution in [3.05, 3.63) is 52.2 Å². The number of nitrogens with zero attached hydrogens (tertiary/aromatic N) is 3. The second-order valence-electron chi connectivity index (χ2n) is 5.54. The molecule has 3 heterocycles. The largest absolute Gasteiger partial charge is 0.271 e. The summed E-state index contributed by atoms with van der Waals surface area (Å²) < 4.78 is 29.4. The molecule has 1 N–H and O–H groups in total. The van der Waals surface area contributed by atoms with E-state index in [2.05, 4.69) is 14.8 Å². The van der Waals surface area contributed by atoms with Crippen LogP contribution in [0.25, 0.3) is 11.1 Å². The van der Waals surface area contributed by atoms with Gasteiger partial charge in [0.2, 0.25) is 10.0 Å². The Kier molecular flexibility index (Phi) is 4.53. The lowest BCUT2D eigenvalue weighted by molar-refractivity contribution is 0.579. The van der Waals surface area contributed by atoms with E-state index in [9.17, 15) is 8.42 Å². The summed E-state index contributed by atoms with van der Waals surface area (Å²) in [5.74, 6) is 0. The molecule has 3 aromatic heterocycles. The molecule has 0 bridgehead atoms. The van der Waals surface area contributed by atoms with E-state index in [1.165, 1.54) is 0 Å². The summed E-state index contributed by atoms with van der Waals surface area (Å²) in [6.45, 7) is 3.62. The van der Waals surface area contributed by atoms with Crippen LogP contribution in [0.1, 0.15) is 17.0 Å². The van der Waals surface area contributed by atoms with Crippen LogP contribution >= 0.6 is 11.3 Å². The Morgan fingerprint density at radius 3 is 2.67 bits per heavy atom. The molecule has 0 unspecified atom stereocenters. The number of hydrogen-bond acceptors (Lipinski definition) is 5. The van der Waals surface area contributed by atoms with Gasteiger partial charge in [0.1, 0.15) is 4.90 Å². The van der Waals surface area contributed by atoms with Gasteiger partial charge in [-0.05, 0) is 47.9 Å². The second-order valence-corrected chi connectivity index (χ2v) is 8.03. The number of aryl methyl sites for hydroxylation is 2. The van der Waals surface area contributed by atoms with Gasteiger partial charge in [-0.1, -0.05) is 0 Å². The van der Waals surface area contributed by atoms with Crippen molar-refractivity contribution in [2.24, 2.45) is 7.05 Å². The number of nitrogens with one attached hydrogen (secondary N) is 1. The molecule has 3 aromatic rings. The van der Waals surface area contributed by atoms with Gasteiger partial charge in [0, 0.05) is 31.5 Å². The number of hydrogen-bond donors (Lipinski definition) is 1. The molecule has 0 amide bonds. The first-order valence-electron chi connectivity index (χ1n) is 7.35. The predicted molar refractivity (Wildman–Crippen MR) is 94.3 cm³/mol. The fourth-order valence-electron chi connectivity index (χ4n) is 2.56. The van der Waals surface area contributed by atoms with Gasteiger partial charge < -0.3 is 0 Å². The SMILES string of the molecule is Cc1nn(C)c(C)c1S(=O)(=O)NCc1cncc(-c2ccsc2)c1. The summed E-state index contributed by atoms with van der Waals surface area (Å²) in [6, 6.07) is 3.96. The Labute approximate surface area is 145 Å². The topological polar surface area (TPSA) is 76.9 Å². The average molecular weight is 362 g/mol. The predicted octanol–water partition coefficient (Wildman–Crippen LogP) is 2.64. The molecular weight excluding hydrogens is 344 g/mol. The van der Waals surface area contributed by atoms with Crippen LogP contribution in [0, 0.1) is 13.8 Å². The molecule has 0 aliphatic rings. The molecular formula is C16H18N4O2S2. The Morgan fingerprint density at radius 1 is 1.25 bits per heavy atom. The van der Waals surface area contributed by atoms with Crippen LogP contribution in [0.2, 0.25) is 0 Å². The van der Waals surface area contributed by atoms with Gasteiger partial charge in [0.25, 0.3) is 0 Å². The summed E-state index contributed by atoms with van der Waals surface area (Å²) in [4.78, 5) is 4.45. The van der Waals surface area contributed by atoms with Crippen molar-refractivity contribution in [2.75, 3.05) is 0 Å². The Balaban J connectivity index is 1.82. The lowest BCUT2D eigenvalue weighted by Gasteiger charge is -2.08. The Bertz CT molecular complexity index is 960. The maximum Gasteiger partial charge on any atom is 0.244 e. The van der Waals surface area contributed by atoms with E-state index in [0.29, 0.717) is 11.4 Å². The summed E-state index contributed by atoms with van der Waals surface area (Å²) in [5, 5.41) is 8.20. The molecule has 8 heteroatoms. The second kappa shape index (κ2) is 6.46. The highest BCUT2D eigenvalue weighted by molar-refractivity contribution is 7.89. The number of sulfonamides is 1. The van der Waals surface area contributed by atoms with E-state index in [1.54, 1.807) is 49.3 Å². The monoisotopic (exact) mass is 362 g/mol. The molecule has 0 spiro atoms. The van der Waals surface area contributed by atoms with E-state index in [1.807, 2.05) is 22.9 Å². The molecule has 126 valence electrons. The first-order valence-corrected chi connectivity index (χ1v) is 9.77. The Hall–Kier alpha value is -2.03. The third-order valence-electron chi connectivity index (χ3n) is 3.83. The first-order chi connectivity index (χ1) is 11.4. The zero-order valence-electron chi connectivity index (χ0n) is 13.6. The maximum absolute atomic E-state index is 12.6. The normalized spacial score (nSPS) is 11.8. The average Bonchev–Trinajstić information content (AvgIpc) is 3.15. The van der Waals surface area contributed by atoms with Crippen molar-refractivity contribution >= 4 is 21.4 Å². The smallest absolute Gasteiger partial charge is 0.244 e. The van der Waals surface area contributed by atoms with Crippen LogP contribution in [-0.4, -0.2) is 23.2 Å². The molecule has 0 saturated heterocycles. The number of pyridine rings is 1. The van der Waals surface area contributed by atoms with Crippen LogP contribution in [0.3, 0.4) is 0 Å². The molecule has 0 aliphatic carbocycles. The molecule has 24 heavy (non-hydrogen) atoms. The minimum atomic E-state index is -3.62. The van der Waals surface area contributed by atoms with Gasteiger partial charge in [-0.15, -0.1) is 0 Å². The highest BCUT2D eigenvalue weighted by Crippen LogP contribution is 2.22. The van der Waals surface area contributed by atoms with Crippen molar-refractivity contribution in [3.63, 3.8) is 0 Å². The molecule has 0 fully saturated rings. The fourth-order valence-corrected chi connectivity index (χ4v) is 4.68.